The summed E-state index contributed by atoms with van der Waals surface area (Å²) in [6.07, 6.45) is 1.69. The van der Waals surface area contributed by atoms with Crippen LogP contribution in [0.15, 0.2) is 0 Å². The van der Waals surface area contributed by atoms with Gasteiger partial charge >= 0.3 is 0 Å². The van der Waals surface area contributed by atoms with E-state index in [1.54, 1.807) is 11.9 Å². The van der Waals surface area contributed by atoms with Crippen molar-refractivity contribution in [2.75, 3.05) is 33.2 Å². The fraction of sp³-hybridized carbons (Fsp3) is 1.00. The van der Waals surface area contributed by atoms with E-state index in [-0.39, 0.29) is 6.54 Å². The van der Waals surface area contributed by atoms with E-state index >= 15 is 0 Å². The molecule has 0 aliphatic carbocycles. The molecule has 2 fully saturated rings. The molecular formula is C12H22F2N2. The summed E-state index contributed by atoms with van der Waals surface area (Å²) in [5.74, 6) is -2.51. The van der Waals surface area contributed by atoms with Gasteiger partial charge in [-0.2, -0.15) is 0 Å². The molecule has 94 valence electrons. The van der Waals surface area contributed by atoms with Crippen LogP contribution in [0.5, 0.6) is 0 Å². The van der Waals surface area contributed by atoms with Crippen molar-refractivity contribution in [1.29, 1.82) is 0 Å². The van der Waals surface area contributed by atoms with Gasteiger partial charge in [-0.25, -0.2) is 8.78 Å². The molecule has 0 saturated carbocycles. The molecule has 0 bridgehead atoms. The van der Waals surface area contributed by atoms with E-state index in [2.05, 4.69) is 18.7 Å². The van der Waals surface area contributed by atoms with Crippen molar-refractivity contribution in [3.63, 3.8) is 0 Å². The Hall–Kier alpha value is -0.220. The maximum atomic E-state index is 14.0. The lowest BCUT2D eigenvalue weighted by atomic mass is 9.68. The molecule has 0 aromatic rings. The third kappa shape index (κ3) is 1.76. The van der Waals surface area contributed by atoms with Crippen LogP contribution in [0, 0.1) is 5.41 Å². The number of hydrogen-bond acceptors (Lipinski definition) is 2. The van der Waals surface area contributed by atoms with Gasteiger partial charge in [0.25, 0.3) is 5.92 Å². The second-order valence-corrected chi connectivity index (χ2v) is 5.63. The first-order valence-corrected chi connectivity index (χ1v) is 6.21. The van der Waals surface area contributed by atoms with Crippen LogP contribution in [-0.2, 0) is 0 Å². The summed E-state index contributed by atoms with van der Waals surface area (Å²) in [4.78, 5) is 3.94. The molecule has 1 spiro atoms. The predicted octanol–water partition coefficient (Wildman–Crippen LogP) is 2.06. The highest BCUT2D eigenvalue weighted by Crippen LogP contribution is 2.50. The van der Waals surface area contributed by atoms with Crippen molar-refractivity contribution >= 4 is 0 Å². The lowest BCUT2D eigenvalue weighted by Gasteiger charge is -2.58. The predicted molar refractivity (Wildman–Crippen MR) is 60.8 cm³/mol. The van der Waals surface area contributed by atoms with Crippen LogP contribution >= 0.6 is 0 Å². The van der Waals surface area contributed by atoms with Crippen LogP contribution in [0.2, 0.25) is 0 Å². The summed E-state index contributed by atoms with van der Waals surface area (Å²) in [5.41, 5.74) is -0.719. The molecule has 1 atom stereocenters. The van der Waals surface area contributed by atoms with E-state index in [1.807, 2.05) is 0 Å². The van der Waals surface area contributed by atoms with Crippen molar-refractivity contribution < 1.29 is 8.78 Å². The van der Waals surface area contributed by atoms with Crippen molar-refractivity contribution in [2.45, 2.75) is 38.7 Å². The van der Waals surface area contributed by atoms with Gasteiger partial charge in [0.2, 0.25) is 0 Å². The minimum atomic E-state index is -2.51. The average Bonchev–Trinajstić information content (AvgIpc) is 2.12. The molecule has 2 nitrogen and oxygen atoms in total. The second-order valence-electron chi connectivity index (χ2n) is 5.63. The number of alkyl halides is 2. The van der Waals surface area contributed by atoms with Crippen molar-refractivity contribution in [2.24, 2.45) is 5.41 Å². The molecular weight excluding hydrogens is 210 g/mol. The Morgan fingerprint density at radius 3 is 2.38 bits per heavy atom. The van der Waals surface area contributed by atoms with Gasteiger partial charge in [-0.1, -0.05) is 6.92 Å². The third-order valence-corrected chi connectivity index (χ3v) is 4.44. The molecule has 4 heteroatoms. The van der Waals surface area contributed by atoms with Gasteiger partial charge in [-0.05, 0) is 33.4 Å². The molecule has 2 saturated heterocycles. The Labute approximate surface area is 96.6 Å². The van der Waals surface area contributed by atoms with E-state index in [0.717, 1.165) is 13.0 Å². The molecule has 2 aliphatic heterocycles. The molecule has 0 aromatic carbocycles. The molecule has 1 unspecified atom stereocenters. The topological polar surface area (TPSA) is 6.48 Å². The zero-order chi connectivity index (χ0) is 12.0. The summed E-state index contributed by atoms with van der Waals surface area (Å²) >= 11 is 0. The van der Waals surface area contributed by atoms with Crippen molar-refractivity contribution in [3.05, 3.63) is 0 Å². The van der Waals surface area contributed by atoms with E-state index in [1.165, 1.54) is 0 Å². The van der Waals surface area contributed by atoms with Crippen LogP contribution < -0.4 is 0 Å². The molecule has 2 aliphatic rings. The summed E-state index contributed by atoms with van der Waals surface area (Å²) in [5, 5.41) is 0. The van der Waals surface area contributed by atoms with Crippen molar-refractivity contribution in [1.82, 2.24) is 9.80 Å². The number of halogens is 2. The summed E-state index contributed by atoms with van der Waals surface area (Å²) in [7, 11) is 1.78. The largest absolute Gasteiger partial charge is 0.301 e. The SMILES string of the molecule is CCC(C)N1CC2(CCN(C)CC2(F)F)C1. The zero-order valence-electron chi connectivity index (χ0n) is 10.5. The van der Waals surface area contributed by atoms with Gasteiger partial charge < -0.3 is 4.90 Å². The first-order chi connectivity index (χ1) is 7.40. The molecule has 0 amide bonds. The molecule has 2 rings (SSSR count). The first kappa shape index (κ1) is 12.2. The minimum Gasteiger partial charge on any atom is -0.301 e. The molecule has 0 N–H and O–H groups in total. The van der Waals surface area contributed by atoms with Crippen LogP contribution in [0.3, 0.4) is 0 Å². The monoisotopic (exact) mass is 232 g/mol. The fourth-order valence-electron chi connectivity index (χ4n) is 2.86. The van der Waals surface area contributed by atoms with Gasteiger partial charge in [-0.3, -0.25) is 4.90 Å². The summed E-state index contributed by atoms with van der Waals surface area (Å²) in [6.45, 7) is 6.15. The standard InChI is InChI=1S/C12H22F2N2/c1-4-10(2)16-7-11(8-16)5-6-15(3)9-12(11,13)14/h10H,4-9H2,1-3H3. The van der Waals surface area contributed by atoms with E-state index in [0.29, 0.717) is 25.6 Å². The Bertz CT molecular complexity index is 262. The lowest BCUT2D eigenvalue weighted by Crippen LogP contribution is -2.70. The van der Waals surface area contributed by atoms with Crippen LogP contribution in [0.25, 0.3) is 0 Å². The number of hydrogen-bond donors (Lipinski definition) is 0. The van der Waals surface area contributed by atoms with Crippen LogP contribution in [-0.4, -0.2) is 55.0 Å². The third-order valence-electron chi connectivity index (χ3n) is 4.44. The van der Waals surface area contributed by atoms with E-state index in [9.17, 15) is 8.78 Å². The van der Waals surface area contributed by atoms with E-state index in [4.69, 9.17) is 0 Å². The maximum absolute atomic E-state index is 14.0. The Morgan fingerprint density at radius 1 is 1.25 bits per heavy atom. The smallest absolute Gasteiger partial charge is 0.268 e. The number of nitrogens with zero attached hydrogens (tertiary/aromatic N) is 2. The molecule has 0 aromatic heterocycles. The maximum Gasteiger partial charge on any atom is 0.268 e. The Morgan fingerprint density at radius 2 is 1.88 bits per heavy atom. The van der Waals surface area contributed by atoms with E-state index < -0.39 is 11.3 Å². The number of piperidine rings is 1. The Kier molecular flexibility index (Phi) is 2.99. The Balaban J connectivity index is 2.01. The minimum absolute atomic E-state index is 0.0681. The summed E-state index contributed by atoms with van der Waals surface area (Å²) in [6, 6.07) is 0.445. The highest BCUT2D eigenvalue weighted by atomic mass is 19.3. The second kappa shape index (κ2) is 3.91. The number of likely N-dealkylation sites (tertiary alicyclic amines) is 2. The van der Waals surface area contributed by atoms with Crippen molar-refractivity contribution in [3.8, 4) is 0 Å². The average molecular weight is 232 g/mol. The van der Waals surface area contributed by atoms with Crippen LogP contribution in [0.4, 0.5) is 8.78 Å². The highest BCUT2D eigenvalue weighted by molar-refractivity contribution is 5.08. The van der Waals surface area contributed by atoms with Gasteiger partial charge in [0.1, 0.15) is 0 Å². The van der Waals surface area contributed by atoms with Gasteiger partial charge in [0.05, 0.1) is 12.0 Å². The molecule has 16 heavy (non-hydrogen) atoms. The van der Waals surface area contributed by atoms with Crippen LogP contribution in [0.1, 0.15) is 26.7 Å². The van der Waals surface area contributed by atoms with Gasteiger partial charge in [0.15, 0.2) is 0 Å². The quantitative estimate of drug-likeness (QED) is 0.719. The molecule has 2 heterocycles. The lowest BCUT2D eigenvalue weighted by molar-refractivity contribution is -0.228. The van der Waals surface area contributed by atoms with Gasteiger partial charge in [-0.15, -0.1) is 0 Å². The normalized spacial score (nSPS) is 31.3. The fourth-order valence-corrected chi connectivity index (χ4v) is 2.86. The summed E-state index contributed by atoms with van der Waals surface area (Å²) < 4.78 is 28.1. The van der Waals surface area contributed by atoms with Gasteiger partial charge in [0, 0.05) is 19.1 Å². The highest BCUT2D eigenvalue weighted by Gasteiger charge is 2.62. The zero-order valence-corrected chi connectivity index (χ0v) is 10.5. The molecule has 0 radical (unpaired) electrons. The number of rotatable bonds is 2. The first-order valence-electron chi connectivity index (χ1n) is 6.21.